The number of ether oxygens (including phenoxy) is 2. The molecule has 0 aliphatic carbocycles. The van der Waals surface area contributed by atoms with Gasteiger partial charge in [0.15, 0.2) is 0 Å². The second-order valence-electron chi connectivity index (χ2n) is 6.41. The summed E-state index contributed by atoms with van der Waals surface area (Å²) in [4.78, 5) is 27.6. The summed E-state index contributed by atoms with van der Waals surface area (Å²) in [6, 6.07) is 17.1. The van der Waals surface area contributed by atoms with Crippen LogP contribution in [0.15, 0.2) is 54.6 Å². The highest BCUT2D eigenvalue weighted by molar-refractivity contribution is 5.84. The third-order valence-corrected chi connectivity index (χ3v) is 4.50. The molecule has 1 aliphatic rings. The number of carbonyl (C=O) groups is 2. The van der Waals surface area contributed by atoms with Crippen LogP contribution in [-0.4, -0.2) is 49.9 Å². The normalized spacial score (nSPS) is 13.8. The van der Waals surface area contributed by atoms with Crippen LogP contribution in [0, 0.1) is 0 Å². The highest BCUT2D eigenvalue weighted by Crippen LogP contribution is 2.20. The van der Waals surface area contributed by atoms with E-state index in [-0.39, 0.29) is 12.7 Å². The maximum atomic E-state index is 11.9. The van der Waals surface area contributed by atoms with Gasteiger partial charge < -0.3 is 19.3 Å². The standard InChI is InChI=1S/C21H25N3O4/c1-2-27-21(26)24-14-12-23(13-15-24)19-10-8-18(9-11-19)22-20(25)28-16-17-6-4-3-5-7-17/h3-11H,2,12-16H2,1H3,(H,22,25). The number of rotatable bonds is 5. The van der Waals surface area contributed by atoms with E-state index in [2.05, 4.69) is 10.2 Å². The van der Waals surface area contributed by atoms with E-state index in [1.165, 1.54) is 0 Å². The Morgan fingerprint density at radius 1 is 0.929 bits per heavy atom. The summed E-state index contributed by atoms with van der Waals surface area (Å²) in [5.74, 6) is 0. The molecule has 0 aromatic heterocycles. The van der Waals surface area contributed by atoms with Crippen molar-refractivity contribution in [2.45, 2.75) is 13.5 Å². The van der Waals surface area contributed by atoms with E-state index in [1.54, 1.807) is 11.8 Å². The van der Waals surface area contributed by atoms with Crippen LogP contribution >= 0.6 is 0 Å². The molecule has 0 bridgehead atoms. The van der Waals surface area contributed by atoms with Crippen LogP contribution < -0.4 is 10.2 Å². The van der Waals surface area contributed by atoms with E-state index in [1.807, 2.05) is 54.6 Å². The molecule has 1 aliphatic heterocycles. The first-order chi connectivity index (χ1) is 13.7. The second-order valence-corrected chi connectivity index (χ2v) is 6.41. The van der Waals surface area contributed by atoms with Crippen molar-refractivity contribution in [3.63, 3.8) is 0 Å². The van der Waals surface area contributed by atoms with Gasteiger partial charge in [0.05, 0.1) is 6.61 Å². The number of nitrogens with zero attached hydrogens (tertiary/aromatic N) is 2. The minimum Gasteiger partial charge on any atom is -0.450 e. The second kappa shape index (κ2) is 9.64. The highest BCUT2D eigenvalue weighted by atomic mass is 16.6. The first kappa shape index (κ1) is 19.5. The van der Waals surface area contributed by atoms with Gasteiger partial charge in [0, 0.05) is 37.6 Å². The zero-order valence-electron chi connectivity index (χ0n) is 16.0. The Hall–Kier alpha value is -3.22. The molecule has 1 fully saturated rings. The third kappa shape index (κ3) is 5.39. The summed E-state index contributed by atoms with van der Waals surface area (Å²) in [6.45, 7) is 5.17. The zero-order valence-corrected chi connectivity index (χ0v) is 16.0. The van der Waals surface area contributed by atoms with Crippen LogP contribution in [0.2, 0.25) is 0 Å². The molecule has 0 saturated carbocycles. The summed E-state index contributed by atoms with van der Waals surface area (Å²) in [5, 5.41) is 2.73. The Kier molecular flexibility index (Phi) is 6.73. The van der Waals surface area contributed by atoms with Crippen LogP contribution in [0.5, 0.6) is 0 Å². The molecule has 2 aromatic rings. The molecule has 148 valence electrons. The Morgan fingerprint density at radius 3 is 2.25 bits per heavy atom. The minimum atomic E-state index is -0.486. The number of hydrogen-bond donors (Lipinski definition) is 1. The maximum Gasteiger partial charge on any atom is 0.411 e. The van der Waals surface area contributed by atoms with E-state index in [4.69, 9.17) is 9.47 Å². The van der Waals surface area contributed by atoms with Gasteiger partial charge in [0.25, 0.3) is 0 Å². The predicted octanol–water partition coefficient (Wildman–Crippen LogP) is 3.71. The average Bonchev–Trinajstić information content (AvgIpc) is 2.74. The lowest BCUT2D eigenvalue weighted by atomic mass is 10.2. The maximum absolute atomic E-state index is 11.9. The Bertz CT molecular complexity index is 772. The Morgan fingerprint density at radius 2 is 1.61 bits per heavy atom. The van der Waals surface area contributed by atoms with Crippen molar-refractivity contribution in [3.05, 3.63) is 60.2 Å². The first-order valence-corrected chi connectivity index (χ1v) is 9.40. The topological polar surface area (TPSA) is 71.1 Å². The fourth-order valence-corrected chi connectivity index (χ4v) is 2.99. The smallest absolute Gasteiger partial charge is 0.411 e. The van der Waals surface area contributed by atoms with E-state index in [0.29, 0.717) is 25.4 Å². The van der Waals surface area contributed by atoms with Crippen molar-refractivity contribution in [1.29, 1.82) is 0 Å². The van der Waals surface area contributed by atoms with Crippen molar-refractivity contribution in [2.75, 3.05) is 43.0 Å². The summed E-state index contributed by atoms with van der Waals surface area (Å²) in [7, 11) is 0. The van der Waals surface area contributed by atoms with E-state index < -0.39 is 6.09 Å². The average molecular weight is 383 g/mol. The largest absolute Gasteiger partial charge is 0.450 e. The molecular formula is C21H25N3O4. The molecule has 28 heavy (non-hydrogen) atoms. The number of hydrogen-bond acceptors (Lipinski definition) is 5. The van der Waals surface area contributed by atoms with Crippen molar-refractivity contribution in [2.24, 2.45) is 0 Å². The van der Waals surface area contributed by atoms with E-state index >= 15 is 0 Å². The molecule has 0 radical (unpaired) electrons. The number of piperazine rings is 1. The fourth-order valence-electron chi connectivity index (χ4n) is 2.99. The summed E-state index contributed by atoms with van der Waals surface area (Å²) in [5.41, 5.74) is 2.66. The predicted molar refractivity (Wildman–Crippen MR) is 107 cm³/mol. The lowest BCUT2D eigenvalue weighted by molar-refractivity contribution is 0.105. The van der Waals surface area contributed by atoms with Crippen molar-refractivity contribution in [1.82, 2.24) is 4.90 Å². The quantitative estimate of drug-likeness (QED) is 0.852. The van der Waals surface area contributed by atoms with E-state index in [0.717, 1.165) is 24.3 Å². The van der Waals surface area contributed by atoms with Gasteiger partial charge in [0.1, 0.15) is 6.61 Å². The first-order valence-electron chi connectivity index (χ1n) is 9.40. The van der Waals surface area contributed by atoms with Crippen LogP contribution in [0.1, 0.15) is 12.5 Å². The number of carbonyl (C=O) groups excluding carboxylic acids is 2. The molecule has 3 rings (SSSR count). The third-order valence-electron chi connectivity index (χ3n) is 4.50. The Balaban J connectivity index is 1.46. The van der Waals surface area contributed by atoms with Crippen LogP contribution in [0.25, 0.3) is 0 Å². The monoisotopic (exact) mass is 383 g/mol. The number of benzene rings is 2. The van der Waals surface area contributed by atoms with Gasteiger partial charge in [0.2, 0.25) is 0 Å². The molecule has 0 atom stereocenters. The molecule has 1 saturated heterocycles. The summed E-state index contributed by atoms with van der Waals surface area (Å²) < 4.78 is 10.3. The fraction of sp³-hybridized carbons (Fsp3) is 0.333. The summed E-state index contributed by atoms with van der Waals surface area (Å²) in [6.07, 6.45) is -0.740. The van der Waals surface area contributed by atoms with Crippen LogP contribution in [0.4, 0.5) is 21.0 Å². The molecule has 0 unspecified atom stereocenters. The zero-order chi connectivity index (χ0) is 19.8. The van der Waals surface area contributed by atoms with Gasteiger partial charge in [-0.1, -0.05) is 30.3 Å². The number of nitrogens with one attached hydrogen (secondary N) is 1. The van der Waals surface area contributed by atoms with Gasteiger partial charge in [-0.15, -0.1) is 0 Å². The molecule has 7 nitrogen and oxygen atoms in total. The van der Waals surface area contributed by atoms with Crippen molar-refractivity contribution < 1.29 is 19.1 Å². The molecule has 7 heteroatoms. The van der Waals surface area contributed by atoms with Gasteiger partial charge in [-0.2, -0.15) is 0 Å². The molecule has 2 amide bonds. The van der Waals surface area contributed by atoms with Gasteiger partial charge in [-0.05, 0) is 36.8 Å². The molecule has 1 N–H and O–H groups in total. The van der Waals surface area contributed by atoms with Crippen LogP contribution in [-0.2, 0) is 16.1 Å². The van der Waals surface area contributed by atoms with Gasteiger partial charge >= 0.3 is 12.2 Å². The SMILES string of the molecule is CCOC(=O)N1CCN(c2ccc(NC(=O)OCc3ccccc3)cc2)CC1. The van der Waals surface area contributed by atoms with Crippen molar-refractivity contribution >= 4 is 23.6 Å². The number of amides is 2. The van der Waals surface area contributed by atoms with E-state index in [9.17, 15) is 9.59 Å². The lowest BCUT2D eigenvalue weighted by Crippen LogP contribution is -2.49. The molecule has 1 heterocycles. The molecular weight excluding hydrogens is 358 g/mol. The number of anilines is 2. The Labute approximate surface area is 164 Å². The van der Waals surface area contributed by atoms with Crippen molar-refractivity contribution in [3.8, 4) is 0 Å². The van der Waals surface area contributed by atoms with Crippen LogP contribution in [0.3, 0.4) is 0 Å². The molecule has 0 spiro atoms. The summed E-state index contributed by atoms with van der Waals surface area (Å²) >= 11 is 0. The molecule has 2 aromatic carbocycles. The highest BCUT2D eigenvalue weighted by Gasteiger charge is 2.22. The lowest BCUT2D eigenvalue weighted by Gasteiger charge is -2.35. The minimum absolute atomic E-state index is 0.232. The van der Waals surface area contributed by atoms with Gasteiger partial charge in [-0.25, -0.2) is 9.59 Å². The van der Waals surface area contributed by atoms with Gasteiger partial charge in [-0.3, -0.25) is 5.32 Å².